The first-order chi connectivity index (χ1) is 28.3. The van der Waals surface area contributed by atoms with Gasteiger partial charge < -0.3 is 14.7 Å². The first kappa shape index (κ1) is 43.6. The number of rotatable bonds is 14. The third-order valence-corrected chi connectivity index (χ3v) is 9.65. The SMILES string of the molecule is CCO[n+]1ccccc1-c1cccc(Cl)c1.CCO[n+]1ccccc1-c1cccc(Cl)c1.[O-]B([O-])OCCCC(c1ccccc1)(c1ccccc1)c1ccccc1. The Morgan fingerprint density at radius 1 is 0.517 bits per heavy atom. The van der Waals surface area contributed by atoms with E-state index >= 15 is 0 Å². The number of benzene rings is 5. The van der Waals surface area contributed by atoms with Crippen molar-refractivity contribution in [3.8, 4) is 22.5 Å². The van der Waals surface area contributed by atoms with Crippen LogP contribution in [-0.2, 0) is 10.1 Å². The lowest BCUT2D eigenvalue weighted by Crippen LogP contribution is -2.48. The van der Waals surface area contributed by atoms with Gasteiger partial charge in [0.2, 0.25) is 12.4 Å². The third kappa shape index (κ3) is 12.3. The van der Waals surface area contributed by atoms with Crippen LogP contribution in [0, 0.1) is 0 Å². The predicted octanol–water partition coefficient (Wildman–Crippen LogP) is 8.01. The highest BCUT2D eigenvalue weighted by Crippen LogP contribution is 2.43. The lowest BCUT2D eigenvalue weighted by Gasteiger charge is -2.37. The summed E-state index contributed by atoms with van der Waals surface area (Å²) in [5.41, 5.74) is 7.24. The first-order valence-corrected chi connectivity index (χ1v) is 20.0. The predicted molar refractivity (Wildman–Crippen MR) is 229 cm³/mol. The molecule has 5 aromatic carbocycles. The second kappa shape index (κ2) is 23.1. The van der Waals surface area contributed by atoms with Crippen LogP contribution in [0.15, 0.2) is 188 Å². The second-order valence-electron chi connectivity index (χ2n) is 12.9. The molecule has 10 heteroatoms. The topological polar surface area (TPSA) is 81.6 Å². The van der Waals surface area contributed by atoms with E-state index in [1.54, 1.807) is 9.46 Å². The summed E-state index contributed by atoms with van der Waals surface area (Å²) in [4.78, 5) is 11.0. The molecule has 0 radical (unpaired) electrons. The summed E-state index contributed by atoms with van der Waals surface area (Å²) in [6, 6.07) is 58.3. The monoisotopic (exact) mass is 812 g/mol. The molecule has 296 valence electrons. The highest BCUT2D eigenvalue weighted by Gasteiger charge is 2.35. The van der Waals surface area contributed by atoms with Gasteiger partial charge in [-0.2, -0.15) is 0 Å². The molecule has 0 spiro atoms. The zero-order chi connectivity index (χ0) is 41.0. The highest BCUT2D eigenvalue weighted by molar-refractivity contribution is 6.31. The Bertz CT molecular complexity index is 2060. The van der Waals surface area contributed by atoms with Gasteiger partial charge in [-0.05, 0) is 91.9 Å². The van der Waals surface area contributed by atoms with Crippen molar-refractivity contribution in [2.24, 2.45) is 0 Å². The Kier molecular flexibility index (Phi) is 17.4. The molecular formula is C48H47BCl2N2O5. The molecule has 2 heterocycles. The fourth-order valence-electron chi connectivity index (χ4n) is 6.72. The van der Waals surface area contributed by atoms with Crippen LogP contribution >= 0.6 is 23.2 Å². The molecule has 0 saturated heterocycles. The van der Waals surface area contributed by atoms with E-state index in [0.717, 1.165) is 39.0 Å². The summed E-state index contributed by atoms with van der Waals surface area (Å²) in [7, 11) is -2.23. The molecule has 0 atom stereocenters. The molecule has 0 bridgehead atoms. The molecule has 0 aliphatic heterocycles. The lowest BCUT2D eigenvalue weighted by molar-refractivity contribution is -0.882. The fourth-order valence-corrected chi connectivity index (χ4v) is 7.10. The summed E-state index contributed by atoms with van der Waals surface area (Å²) in [6.45, 7) is 5.33. The summed E-state index contributed by atoms with van der Waals surface area (Å²) < 4.78 is 8.24. The van der Waals surface area contributed by atoms with Crippen molar-refractivity contribution in [1.29, 1.82) is 0 Å². The molecular weight excluding hydrogens is 766 g/mol. The molecule has 7 aromatic rings. The fraction of sp³-hybridized carbons (Fsp3) is 0.167. The van der Waals surface area contributed by atoms with E-state index in [1.807, 2.05) is 166 Å². The van der Waals surface area contributed by atoms with Gasteiger partial charge in [0.1, 0.15) is 0 Å². The van der Waals surface area contributed by atoms with Crippen molar-refractivity contribution in [3.05, 3.63) is 215 Å². The van der Waals surface area contributed by atoms with Gasteiger partial charge in [-0.15, -0.1) is 0 Å². The maximum Gasteiger partial charge on any atom is 0.264 e. The molecule has 58 heavy (non-hydrogen) atoms. The molecule has 0 fully saturated rings. The zero-order valence-corrected chi connectivity index (χ0v) is 34.2. The number of pyridine rings is 2. The minimum absolute atomic E-state index is 0.159. The summed E-state index contributed by atoms with van der Waals surface area (Å²) in [5, 5.41) is 22.8. The van der Waals surface area contributed by atoms with E-state index in [1.165, 1.54) is 16.7 Å². The van der Waals surface area contributed by atoms with Gasteiger partial charge in [0.25, 0.3) is 11.4 Å². The third-order valence-electron chi connectivity index (χ3n) is 9.18. The van der Waals surface area contributed by atoms with Crippen LogP contribution in [0.25, 0.3) is 22.5 Å². The summed E-state index contributed by atoms with van der Waals surface area (Å²) in [5.74, 6) is 0. The lowest BCUT2D eigenvalue weighted by atomic mass is 9.67. The summed E-state index contributed by atoms with van der Waals surface area (Å²) in [6.07, 6.45) is 5.12. The van der Waals surface area contributed by atoms with Crippen LogP contribution in [0.5, 0.6) is 0 Å². The number of aromatic nitrogens is 2. The molecule has 0 saturated carbocycles. The van der Waals surface area contributed by atoms with Gasteiger partial charge in [0.05, 0.1) is 18.4 Å². The van der Waals surface area contributed by atoms with Gasteiger partial charge in [-0.25, -0.2) is 0 Å². The van der Waals surface area contributed by atoms with E-state index in [2.05, 4.69) is 36.4 Å². The average Bonchev–Trinajstić information content (AvgIpc) is 3.26. The quantitative estimate of drug-likeness (QED) is 0.0482. The molecule has 7 nitrogen and oxygen atoms in total. The van der Waals surface area contributed by atoms with Gasteiger partial charge >= 0.3 is 0 Å². The van der Waals surface area contributed by atoms with Crippen molar-refractivity contribution in [1.82, 2.24) is 0 Å². The van der Waals surface area contributed by atoms with Crippen molar-refractivity contribution < 1.29 is 33.8 Å². The minimum Gasteiger partial charge on any atom is -0.871 e. The van der Waals surface area contributed by atoms with Crippen LogP contribution in [0.3, 0.4) is 0 Å². The van der Waals surface area contributed by atoms with Crippen molar-refractivity contribution >= 4 is 30.5 Å². The van der Waals surface area contributed by atoms with Gasteiger partial charge in [0, 0.05) is 55.8 Å². The van der Waals surface area contributed by atoms with Crippen molar-refractivity contribution in [2.75, 3.05) is 19.8 Å². The Hall–Kier alpha value is -5.48. The van der Waals surface area contributed by atoms with E-state index < -0.39 is 7.32 Å². The second-order valence-corrected chi connectivity index (χ2v) is 13.8. The molecule has 0 aliphatic carbocycles. The zero-order valence-electron chi connectivity index (χ0n) is 32.7. The highest BCUT2D eigenvalue weighted by atomic mass is 35.5. The van der Waals surface area contributed by atoms with Crippen molar-refractivity contribution in [3.63, 3.8) is 0 Å². The van der Waals surface area contributed by atoms with Gasteiger partial charge in [-0.1, -0.05) is 126 Å². The largest absolute Gasteiger partial charge is 0.871 e. The number of hydrogen-bond donors (Lipinski definition) is 0. The molecule has 0 unspecified atom stereocenters. The Morgan fingerprint density at radius 3 is 1.28 bits per heavy atom. The van der Waals surface area contributed by atoms with Crippen LogP contribution in [0.4, 0.5) is 0 Å². The Morgan fingerprint density at radius 2 is 0.914 bits per heavy atom. The smallest absolute Gasteiger partial charge is 0.264 e. The number of nitrogens with zero attached hydrogens (tertiary/aromatic N) is 2. The Labute approximate surface area is 352 Å². The van der Waals surface area contributed by atoms with Crippen molar-refractivity contribution in [2.45, 2.75) is 32.1 Å². The summed E-state index contributed by atoms with van der Waals surface area (Å²) >= 11 is 11.9. The number of hydrogen-bond acceptors (Lipinski definition) is 5. The molecule has 7 rings (SSSR count). The van der Waals surface area contributed by atoms with Crippen LogP contribution in [-0.4, -0.2) is 27.1 Å². The molecule has 0 N–H and O–H groups in total. The normalized spacial score (nSPS) is 10.7. The Balaban J connectivity index is 0.000000174. The van der Waals surface area contributed by atoms with Crippen LogP contribution in [0.2, 0.25) is 10.0 Å². The average molecular weight is 814 g/mol. The standard InChI is InChI=1S/C22H21BO3.2C13H13ClNO/c24-23(25)26-18-10-17-22(19-11-4-1-5-12-19,20-13-6-2-7-14-20)21-15-8-3-9-16-21;2*1-2-16-15-9-4-3-8-13(15)11-6-5-7-12(14)10-11/h1-9,11-16H,10,17-18H2;2*3-10H,2H2,1H3/q-2;2*+1. The maximum absolute atomic E-state index is 10.7. The van der Waals surface area contributed by atoms with E-state index in [0.29, 0.717) is 19.6 Å². The van der Waals surface area contributed by atoms with Gasteiger partial charge in [0.15, 0.2) is 13.2 Å². The number of halogens is 2. The van der Waals surface area contributed by atoms with Crippen LogP contribution < -0.4 is 29.2 Å². The molecule has 0 aliphatic rings. The molecule has 0 amide bonds. The maximum atomic E-state index is 10.7. The van der Waals surface area contributed by atoms with Gasteiger partial charge in [-0.3, -0.25) is 9.68 Å². The first-order valence-electron chi connectivity index (χ1n) is 19.2. The molecule has 2 aromatic heterocycles. The van der Waals surface area contributed by atoms with E-state index in [9.17, 15) is 10.0 Å². The van der Waals surface area contributed by atoms with E-state index in [4.69, 9.17) is 37.5 Å². The van der Waals surface area contributed by atoms with E-state index in [-0.39, 0.29) is 12.0 Å². The van der Waals surface area contributed by atoms with Crippen LogP contribution in [0.1, 0.15) is 43.4 Å². The minimum atomic E-state index is -2.23.